The van der Waals surface area contributed by atoms with Crippen LogP contribution in [-0.2, 0) is 12.8 Å². The first-order valence-electron chi connectivity index (χ1n) is 8.84. The summed E-state index contributed by atoms with van der Waals surface area (Å²) in [5.41, 5.74) is 8.46. The Hall–Kier alpha value is -0.960. The average Bonchev–Trinajstić information content (AvgIpc) is 2.55. The van der Waals surface area contributed by atoms with Crippen LogP contribution in [0, 0.1) is 11.8 Å². The van der Waals surface area contributed by atoms with Gasteiger partial charge in [-0.25, -0.2) is 9.97 Å². The Morgan fingerprint density at radius 1 is 1.14 bits per heavy atom. The van der Waals surface area contributed by atoms with Gasteiger partial charge < -0.3 is 5.73 Å². The largest absolute Gasteiger partial charge is 0.330 e. The minimum Gasteiger partial charge on any atom is -0.330 e. The topological polar surface area (TPSA) is 51.8 Å². The van der Waals surface area contributed by atoms with E-state index < -0.39 is 0 Å². The molecule has 21 heavy (non-hydrogen) atoms. The van der Waals surface area contributed by atoms with Crippen molar-refractivity contribution in [3.63, 3.8) is 0 Å². The molecule has 0 amide bonds. The molecule has 1 aromatic rings. The molecule has 3 nitrogen and oxygen atoms in total. The predicted octanol–water partition coefficient (Wildman–Crippen LogP) is 3.61. The molecular formula is C18H29N3. The van der Waals surface area contributed by atoms with Crippen molar-refractivity contribution in [2.75, 3.05) is 6.54 Å². The number of aromatic nitrogens is 2. The molecule has 1 heterocycles. The van der Waals surface area contributed by atoms with Gasteiger partial charge in [0.25, 0.3) is 0 Å². The highest BCUT2D eigenvalue weighted by molar-refractivity contribution is 5.22. The minimum absolute atomic E-state index is 0.607. The number of hydrogen-bond donors (Lipinski definition) is 1. The maximum absolute atomic E-state index is 5.80. The number of nitrogens with two attached hydrogens (primary N) is 1. The molecule has 0 bridgehead atoms. The van der Waals surface area contributed by atoms with E-state index >= 15 is 0 Å². The van der Waals surface area contributed by atoms with Gasteiger partial charge in [-0.05, 0) is 68.9 Å². The molecule has 116 valence electrons. The van der Waals surface area contributed by atoms with Crippen LogP contribution in [-0.4, -0.2) is 16.5 Å². The number of hydrogen-bond acceptors (Lipinski definition) is 3. The number of aryl methyl sites for hydroxylation is 1. The quantitative estimate of drug-likeness (QED) is 0.920. The Morgan fingerprint density at radius 3 is 2.67 bits per heavy atom. The van der Waals surface area contributed by atoms with Crippen LogP contribution in [0.25, 0.3) is 0 Å². The minimum atomic E-state index is 0.607. The van der Waals surface area contributed by atoms with Gasteiger partial charge in [0, 0.05) is 17.8 Å². The third-order valence-corrected chi connectivity index (χ3v) is 5.51. The van der Waals surface area contributed by atoms with Crippen LogP contribution in [0.4, 0.5) is 0 Å². The van der Waals surface area contributed by atoms with E-state index in [1.165, 1.54) is 56.2 Å². The summed E-state index contributed by atoms with van der Waals surface area (Å²) in [6.07, 6.45) is 13.5. The molecule has 0 radical (unpaired) electrons. The summed E-state index contributed by atoms with van der Waals surface area (Å²) in [6, 6.07) is 0. The van der Waals surface area contributed by atoms with Gasteiger partial charge in [0.15, 0.2) is 0 Å². The number of nitrogens with zero attached hydrogens (tertiary/aromatic N) is 2. The summed E-state index contributed by atoms with van der Waals surface area (Å²) < 4.78 is 0. The van der Waals surface area contributed by atoms with Gasteiger partial charge in [-0.2, -0.15) is 0 Å². The average molecular weight is 287 g/mol. The van der Waals surface area contributed by atoms with Crippen molar-refractivity contribution >= 4 is 0 Å². The zero-order valence-electron chi connectivity index (χ0n) is 13.4. The molecule has 0 aromatic carbocycles. The van der Waals surface area contributed by atoms with Crippen LogP contribution >= 0.6 is 0 Å². The molecule has 3 rings (SSSR count). The fraction of sp³-hybridized carbons (Fsp3) is 0.778. The van der Waals surface area contributed by atoms with Crippen LogP contribution in [0.2, 0.25) is 0 Å². The summed E-state index contributed by atoms with van der Waals surface area (Å²) in [7, 11) is 0. The molecule has 1 aromatic heterocycles. The molecule has 1 saturated carbocycles. The first-order chi connectivity index (χ1) is 10.3. The van der Waals surface area contributed by atoms with E-state index in [-0.39, 0.29) is 0 Å². The first-order valence-corrected chi connectivity index (χ1v) is 8.84. The van der Waals surface area contributed by atoms with E-state index in [9.17, 15) is 0 Å². The summed E-state index contributed by atoms with van der Waals surface area (Å²) in [5.74, 6) is 3.32. The van der Waals surface area contributed by atoms with Crippen molar-refractivity contribution in [2.45, 2.75) is 70.6 Å². The molecule has 2 aliphatic rings. The van der Waals surface area contributed by atoms with E-state index in [1.54, 1.807) is 0 Å². The van der Waals surface area contributed by atoms with Crippen molar-refractivity contribution < 1.29 is 0 Å². The highest BCUT2D eigenvalue weighted by Crippen LogP contribution is 2.36. The first kappa shape index (κ1) is 15.0. The lowest BCUT2D eigenvalue weighted by molar-refractivity contribution is 0.301. The third kappa shape index (κ3) is 3.45. The standard InChI is InChI=1S/C18H29N3/c1-2-3-13-4-7-15(8-5-13)18-20-12-16-10-14(11-19)6-9-17(16)21-18/h12-15H,2-11,19H2,1H3. The fourth-order valence-corrected chi connectivity index (χ4v) is 4.11. The van der Waals surface area contributed by atoms with Crippen LogP contribution in [0.3, 0.4) is 0 Å². The molecule has 2 aliphatic carbocycles. The SMILES string of the molecule is CCCC1CCC(c2ncc3c(n2)CCC(CN)C3)CC1. The Labute approximate surface area is 128 Å². The molecule has 1 fully saturated rings. The smallest absolute Gasteiger partial charge is 0.131 e. The van der Waals surface area contributed by atoms with Crippen molar-refractivity contribution in [1.29, 1.82) is 0 Å². The summed E-state index contributed by atoms with van der Waals surface area (Å²) in [4.78, 5) is 9.63. The van der Waals surface area contributed by atoms with Gasteiger partial charge in [-0.1, -0.05) is 19.8 Å². The molecule has 1 atom stereocenters. The van der Waals surface area contributed by atoms with Gasteiger partial charge >= 0.3 is 0 Å². The number of fused-ring (bicyclic) bond motifs is 1. The lowest BCUT2D eigenvalue weighted by Crippen LogP contribution is -2.24. The van der Waals surface area contributed by atoms with Gasteiger partial charge in [0.05, 0.1) is 0 Å². The van der Waals surface area contributed by atoms with Crippen molar-refractivity contribution in [3.8, 4) is 0 Å². The van der Waals surface area contributed by atoms with Crippen molar-refractivity contribution in [2.24, 2.45) is 17.6 Å². The van der Waals surface area contributed by atoms with E-state index in [1.807, 2.05) is 0 Å². The zero-order chi connectivity index (χ0) is 14.7. The monoisotopic (exact) mass is 287 g/mol. The van der Waals surface area contributed by atoms with Crippen molar-refractivity contribution in [1.82, 2.24) is 9.97 Å². The second kappa shape index (κ2) is 6.87. The molecule has 0 saturated heterocycles. The fourth-order valence-electron chi connectivity index (χ4n) is 4.11. The Bertz CT molecular complexity index is 464. The lowest BCUT2D eigenvalue weighted by atomic mass is 9.79. The Balaban J connectivity index is 1.65. The normalized spacial score (nSPS) is 29.1. The summed E-state index contributed by atoms with van der Waals surface area (Å²) in [5, 5.41) is 0. The Morgan fingerprint density at radius 2 is 1.95 bits per heavy atom. The van der Waals surface area contributed by atoms with Gasteiger partial charge in [0.1, 0.15) is 5.82 Å². The second-order valence-corrected chi connectivity index (χ2v) is 7.05. The van der Waals surface area contributed by atoms with Crippen LogP contribution in [0.15, 0.2) is 6.20 Å². The van der Waals surface area contributed by atoms with Gasteiger partial charge in [-0.15, -0.1) is 0 Å². The van der Waals surface area contributed by atoms with E-state index in [0.717, 1.165) is 31.1 Å². The highest BCUT2D eigenvalue weighted by atomic mass is 14.9. The molecule has 3 heteroatoms. The maximum atomic E-state index is 5.80. The molecule has 2 N–H and O–H groups in total. The predicted molar refractivity (Wildman–Crippen MR) is 86.2 cm³/mol. The summed E-state index contributed by atoms with van der Waals surface area (Å²) >= 11 is 0. The summed E-state index contributed by atoms with van der Waals surface area (Å²) in [6.45, 7) is 3.09. The van der Waals surface area contributed by atoms with Crippen LogP contribution in [0.5, 0.6) is 0 Å². The van der Waals surface area contributed by atoms with Crippen molar-refractivity contribution in [3.05, 3.63) is 23.3 Å². The van der Waals surface area contributed by atoms with E-state index in [0.29, 0.717) is 11.8 Å². The zero-order valence-corrected chi connectivity index (χ0v) is 13.4. The van der Waals surface area contributed by atoms with Crippen LogP contribution < -0.4 is 5.73 Å². The van der Waals surface area contributed by atoms with E-state index in [4.69, 9.17) is 15.7 Å². The molecule has 1 unspecified atom stereocenters. The third-order valence-electron chi connectivity index (χ3n) is 5.51. The molecule has 0 aliphatic heterocycles. The van der Waals surface area contributed by atoms with E-state index in [2.05, 4.69) is 13.1 Å². The lowest BCUT2D eigenvalue weighted by Gasteiger charge is -2.28. The highest BCUT2D eigenvalue weighted by Gasteiger charge is 2.25. The molecular weight excluding hydrogens is 258 g/mol. The Kier molecular flexibility index (Phi) is 4.89. The number of rotatable bonds is 4. The van der Waals surface area contributed by atoms with Gasteiger partial charge in [0.2, 0.25) is 0 Å². The molecule has 0 spiro atoms. The van der Waals surface area contributed by atoms with Gasteiger partial charge in [-0.3, -0.25) is 0 Å². The second-order valence-electron chi connectivity index (χ2n) is 7.05. The van der Waals surface area contributed by atoms with Crippen LogP contribution in [0.1, 0.15) is 74.9 Å². The maximum Gasteiger partial charge on any atom is 0.131 e.